The Kier molecular flexibility index (Phi) is 7.50. The van der Waals surface area contributed by atoms with Crippen molar-refractivity contribution in [3.8, 4) is 0 Å². The summed E-state index contributed by atoms with van der Waals surface area (Å²) in [4.78, 5) is 12.6. The highest BCUT2D eigenvalue weighted by Crippen LogP contribution is 2.30. The van der Waals surface area contributed by atoms with E-state index in [1.165, 1.54) is 54.6 Å². The first-order valence-corrected chi connectivity index (χ1v) is 11.5. The average molecular weight is 494 g/mol. The van der Waals surface area contributed by atoms with Crippen LogP contribution in [-0.4, -0.2) is 26.6 Å². The molecule has 0 spiro atoms. The molecule has 0 unspecified atom stereocenters. The van der Waals surface area contributed by atoms with E-state index in [2.05, 4.69) is 10.5 Å². The number of carbonyl (C=O) groups excluding carboxylic acids is 1. The zero-order chi connectivity index (χ0) is 23.3. The fraction of sp³-hybridized carbons (Fsp3) is 0.0909. The van der Waals surface area contributed by atoms with Crippen molar-refractivity contribution in [2.45, 2.75) is 11.8 Å². The van der Waals surface area contributed by atoms with E-state index in [1.54, 1.807) is 25.1 Å². The third kappa shape index (κ3) is 5.64. The second kappa shape index (κ2) is 10.1. The number of nitrogens with one attached hydrogen (secondary N) is 1. The zero-order valence-electron chi connectivity index (χ0n) is 16.8. The minimum atomic E-state index is -4.09. The van der Waals surface area contributed by atoms with E-state index in [-0.39, 0.29) is 20.6 Å². The molecular formula is C22H18Cl2FN3O3S. The molecule has 0 radical (unpaired) electrons. The summed E-state index contributed by atoms with van der Waals surface area (Å²) in [6, 6.07) is 17.5. The van der Waals surface area contributed by atoms with Crippen LogP contribution in [0.1, 0.15) is 12.5 Å². The molecule has 3 rings (SSSR count). The standard InChI is InChI=1S/C22H18Cl2FN3O3S/c1-15(16-7-9-17(25)10-8-16)26-27-22(29)14-28(18-11-12-20(23)21(24)13-18)32(30,31)19-5-3-2-4-6-19/h2-13H,14H2,1H3,(H,27,29). The molecule has 32 heavy (non-hydrogen) atoms. The second-order valence-corrected chi connectivity index (χ2v) is 9.34. The quantitative estimate of drug-likeness (QED) is 0.376. The highest BCUT2D eigenvalue weighted by atomic mass is 35.5. The van der Waals surface area contributed by atoms with Crippen molar-refractivity contribution in [2.75, 3.05) is 10.8 Å². The summed E-state index contributed by atoms with van der Waals surface area (Å²) in [5, 5.41) is 4.37. The molecule has 10 heteroatoms. The number of hydrogen-bond donors (Lipinski definition) is 1. The maximum absolute atomic E-state index is 13.3. The number of carbonyl (C=O) groups is 1. The fourth-order valence-electron chi connectivity index (χ4n) is 2.74. The van der Waals surface area contributed by atoms with Gasteiger partial charge in [0.2, 0.25) is 0 Å². The predicted octanol–water partition coefficient (Wildman–Crippen LogP) is 4.87. The lowest BCUT2D eigenvalue weighted by atomic mass is 10.1. The lowest BCUT2D eigenvalue weighted by Gasteiger charge is -2.24. The van der Waals surface area contributed by atoms with E-state index in [1.807, 2.05) is 0 Å². The van der Waals surface area contributed by atoms with Gasteiger partial charge in [-0.15, -0.1) is 0 Å². The molecule has 0 atom stereocenters. The van der Waals surface area contributed by atoms with Gasteiger partial charge in [0.15, 0.2) is 0 Å². The van der Waals surface area contributed by atoms with Crippen LogP contribution in [-0.2, 0) is 14.8 Å². The fourth-order valence-corrected chi connectivity index (χ4v) is 4.47. The first kappa shape index (κ1) is 23.7. The molecule has 0 bridgehead atoms. The summed E-state index contributed by atoms with van der Waals surface area (Å²) in [5.74, 6) is -1.08. The van der Waals surface area contributed by atoms with E-state index in [0.717, 1.165) is 4.31 Å². The molecule has 3 aromatic rings. The van der Waals surface area contributed by atoms with Crippen molar-refractivity contribution in [2.24, 2.45) is 5.10 Å². The number of sulfonamides is 1. The SMILES string of the molecule is CC(=NNC(=O)CN(c1ccc(Cl)c(Cl)c1)S(=O)(=O)c1ccccc1)c1ccc(F)cc1. The second-order valence-electron chi connectivity index (χ2n) is 6.66. The Labute approximate surface area is 195 Å². The average Bonchev–Trinajstić information content (AvgIpc) is 2.78. The Hall–Kier alpha value is -2.94. The molecule has 6 nitrogen and oxygen atoms in total. The van der Waals surface area contributed by atoms with Crippen LogP contribution in [0.25, 0.3) is 0 Å². The molecular weight excluding hydrogens is 476 g/mol. The smallest absolute Gasteiger partial charge is 0.264 e. The van der Waals surface area contributed by atoms with Crippen molar-refractivity contribution in [1.29, 1.82) is 0 Å². The molecule has 0 aliphatic rings. The van der Waals surface area contributed by atoms with Gasteiger partial charge in [-0.05, 0) is 55.0 Å². The summed E-state index contributed by atoms with van der Waals surface area (Å²) in [7, 11) is -4.09. The number of nitrogens with zero attached hydrogens (tertiary/aromatic N) is 2. The number of amides is 1. The molecule has 0 aliphatic heterocycles. The van der Waals surface area contributed by atoms with Gasteiger partial charge in [-0.25, -0.2) is 18.2 Å². The van der Waals surface area contributed by atoms with Crippen LogP contribution in [0, 0.1) is 5.82 Å². The van der Waals surface area contributed by atoms with Crippen LogP contribution >= 0.6 is 23.2 Å². The van der Waals surface area contributed by atoms with E-state index in [9.17, 15) is 17.6 Å². The first-order valence-electron chi connectivity index (χ1n) is 9.30. The zero-order valence-corrected chi connectivity index (χ0v) is 19.1. The highest BCUT2D eigenvalue weighted by molar-refractivity contribution is 7.92. The summed E-state index contributed by atoms with van der Waals surface area (Å²) in [6.07, 6.45) is 0. The van der Waals surface area contributed by atoms with Crippen LogP contribution in [0.2, 0.25) is 10.0 Å². The third-order valence-electron chi connectivity index (χ3n) is 4.42. The number of anilines is 1. The van der Waals surface area contributed by atoms with Crippen LogP contribution in [0.5, 0.6) is 0 Å². The molecule has 0 saturated heterocycles. The minimum absolute atomic E-state index is 0.00451. The normalized spacial score (nSPS) is 11.8. The van der Waals surface area contributed by atoms with Crippen molar-refractivity contribution >= 4 is 50.5 Å². The van der Waals surface area contributed by atoms with Crippen LogP contribution in [0.15, 0.2) is 82.8 Å². The summed E-state index contributed by atoms with van der Waals surface area (Å²) >= 11 is 12.0. The molecule has 1 amide bonds. The van der Waals surface area contributed by atoms with Gasteiger partial charge in [-0.2, -0.15) is 5.10 Å². The van der Waals surface area contributed by atoms with Gasteiger partial charge in [0, 0.05) is 0 Å². The van der Waals surface area contributed by atoms with Gasteiger partial charge in [0.25, 0.3) is 15.9 Å². The predicted molar refractivity (Wildman–Crippen MR) is 124 cm³/mol. The number of hydrogen-bond acceptors (Lipinski definition) is 4. The maximum atomic E-state index is 13.3. The summed E-state index contributed by atoms with van der Waals surface area (Å²) in [6.45, 7) is 1.07. The van der Waals surface area contributed by atoms with Crippen molar-refractivity contribution in [3.63, 3.8) is 0 Å². The Morgan fingerprint density at radius 3 is 2.28 bits per heavy atom. The molecule has 3 aromatic carbocycles. The van der Waals surface area contributed by atoms with E-state index in [0.29, 0.717) is 11.3 Å². The van der Waals surface area contributed by atoms with Crippen molar-refractivity contribution in [3.05, 3.63) is 94.2 Å². The summed E-state index contributed by atoms with van der Waals surface area (Å²) in [5.41, 5.74) is 3.52. The molecule has 0 aliphatic carbocycles. The van der Waals surface area contributed by atoms with Crippen LogP contribution in [0.4, 0.5) is 10.1 Å². The van der Waals surface area contributed by atoms with Gasteiger partial charge in [0.1, 0.15) is 12.4 Å². The number of benzene rings is 3. The Bertz CT molecular complexity index is 1250. The van der Waals surface area contributed by atoms with E-state index < -0.39 is 28.3 Å². The van der Waals surface area contributed by atoms with Crippen molar-refractivity contribution in [1.82, 2.24) is 5.43 Å². The van der Waals surface area contributed by atoms with Crippen LogP contribution in [0.3, 0.4) is 0 Å². The van der Waals surface area contributed by atoms with Gasteiger partial charge < -0.3 is 0 Å². The van der Waals surface area contributed by atoms with Crippen molar-refractivity contribution < 1.29 is 17.6 Å². The largest absolute Gasteiger partial charge is 0.271 e. The Balaban J connectivity index is 1.88. The van der Waals surface area contributed by atoms with Gasteiger partial charge >= 0.3 is 0 Å². The lowest BCUT2D eigenvalue weighted by Crippen LogP contribution is -2.39. The monoisotopic (exact) mass is 493 g/mol. The van der Waals surface area contributed by atoms with Gasteiger partial charge in [-0.3, -0.25) is 9.10 Å². The van der Waals surface area contributed by atoms with Gasteiger partial charge in [-0.1, -0.05) is 53.5 Å². The first-order chi connectivity index (χ1) is 15.2. The summed E-state index contributed by atoms with van der Waals surface area (Å²) < 4.78 is 40.5. The maximum Gasteiger partial charge on any atom is 0.264 e. The molecule has 1 N–H and O–H groups in total. The minimum Gasteiger partial charge on any atom is -0.271 e. The Morgan fingerprint density at radius 2 is 1.66 bits per heavy atom. The third-order valence-corrected chi connectivity index (χ3v) is 6.95. The molecule has 0 heterocycles. The van der Waals surface area contributed by atoms with Crippen LogP contribution < -0.4 is 9.73 Å². The Morgan fingerprint density at radius 1 is 1.00 bits per heavy atom. The van der Waals surface area contributed by atoms with E-state index in [4.69, 9.17) is 23.2 Å². The molecule has 0 saturated carbocycles. The molecule has 0 fully saturated rings. The van der Waals surface area contributed by atoms with E-state index >= 15 is 0 Å². The molecule has 166 valence electrons. The topological polar surface area (TPSA) is 78.8 Å². The number of rotatable bonds is 7. The highest BCUT2D eigenvalue weighted by Gasteiger charge is 2.27. The lowest BCUT2D eigenvalue weighted by molar-refractivity contribution is -0.119. The van der Waals surface area contributed by atoms with Gasteiger partial charge in [0.05, 0.1) is 26.3 Å². The molecule has 0 aromatic heterocycles. The number of hydrazone groups is 1. The number of halogens is 3.